The molecular formula is C13H16N2O4. The predicted molar refractivity (Wildman–Crippen MR) is 70.5 cm³/mol. The average molecular weight is 264 g/mol. The van der Waals surface area contributed by atoms with E-state index in [0.717, 1.165) is 19.3 Å². The molecule has 0 spiro atoms. The van der Waals surface area contributed by atoms with Crippen LogP contribution in [0.5, 0.6) is 0 Å². The second-order valence-electron chi connectivity index (χ2n) is 5.00. The first-order chi connectivity index (χ1) is 8.97. The van der Waals surface area contributed by atoms with Gasteiger partial charge in [-0.1, -0.05) is 6.92 Å². The fraction of sp³-hybridized carbons (Fsp3) is 0.462. The van der Waals surface area contributed by atoms with E-state index in [4.69, 9.17) is 5.11 Å². The largest absolute Gasteiger partial charge is 0.478 e. The molecule has 19 heavy (non-hydrogen) atoms. The van der Waals surface area contributed by atoms with Crippen LogP contribution < -0.4 is 5.32 Å². The van der Waals surface area contributed by atoms with Crippen molar-refractivity contribution >= 4 is 17.3 Å². The maximum atomic E-state index is 10.9. The van der Waals surface area contributed by atoms with Crippen LogP contribution in [-0.4, -0.2) is 22.5 Å². The number of nitro benzene ring substituents is 1. The van der Waals surface area contributed by atoms with Gasteiger partial charge in [-0.05, 0) is 36.8 Å². The lowest BCUT2D eigenvalue weighted by Crippen LogP contribution is -2.15. The van der Waals surface area contributed by atoms with E-state index in [0.29, 0.717) is 6.54 Å². The summed E-state index contributed by atoms with van der Waals surface area (Å²) in [4.78, 5) is 21.3. The van der Waals surface area contributed by atoms with Crippen molar-refractivity contribution < 1.29 is 14.8 Å². The number of carboxylic acid groups (broad SMARTS) is 1. The fourth-order valence-corrected chi connectivity index (χ4v) is 2.08. The van der Waals surface area contributed by atoms with Gasteiger partial charge in [-0.2, -0.15) is 0 Å². The van der Waals surface area contributed by atoms with E-state index in [1.807, 2.05) is 0 Å². The molecule has 2 N–H and O–H groups in total. The van der Waals surface area contributed by atoms with Gasteiger partial charge in [0.25, 0.3) is 5.69 Å². The van der Waals surface area contributed by atoms with Crippen molar-refractivity contribution in [3.05, 3.63) is 33.9 Å². The zero-order chi connectivity index (χ0) is 14.0. The lowest BCUT2D eigenvalue weighted by molar-refractivity contribution is -0.384. The van der Waals surface area contributed by atoms with Gasteiger partial charge in [0.15, 0.2) is 0 Å². The summed E-state index contributed by atoms with van der Waals surface area (Å²) < 4.78 is 0. The van der Waals surface area contributed by atoms with Crippen molar-refractivity contribution in [2.45, 2.75) is 26.2 Å². The fourth-order valence-electron chi connectivity index (χ4n) is 2.08. The van der Waals surface area contributed by atoms with Crippen LogP contribution in [0.25, 0.3) is 0 Å². The SMILES string of the molecule is CCC1(CNc2cc(C(=O)O)ccc2[N+](=O)[O-])CC1. The summed E-state index contributed by atoms with van der Waals surface area (Å²) in [6.07, 6.45) is 3.25. The number of carboxylic acids is 1. The molecule has 1 aliphatic carbocycles. The maximum absolute atomic E-state index is 10.9. The first-order valence-corrected chi connectivity index (χ1v) is 6.23. The Balaban J connectivity index is 2.22. The molecule has 1 fully saturated rings. The number of rotatable bonds is 6. The number of aromatic carboxylic acids is 1. The number of hydrogen-bond donors (Lipinski definition) is 2. The van der Waals surface area contributed by atoms with Crippen LogP contribution in [0, 0.1) is 15.5 Å². The predicted octanol–water partition coefficient (Wildman–Crippen LogP) is 2.90. The van der Waals surface area contributed by atoms with Crippen LogP contribution in [0.3, 0.4) is 0 Å². The second kappa shape index (κ2) is 4.87. The lowest BCUT2D eigenvalue weighted by Gasteiger charge is -2.14. The van der Waals surface area contributed by atoms with Gasteiger partial charge in [-0.25, -0.2) is 4.79 Å². The van der Waals surface area contributed by atoms with Crippen LogP contribution in [-0.2, 0) is 0 Å². The molecule has 1 aliphatic rings. The molecule has 0 heterocycles. The van der Waals surface area contributed by atoms with Crippen LogP contribution in [0.4, 0.5) is 11.4 Å². The molecule has 0 aliphatic heterocycles. The smallest absolute Gasteiger partial charge is 0.335 e. The van der Waals surface area contributed by atoms with Crippen molar-refractivity contribution in [3.63, 3.8) is 0 Å². The highest BCUT2D eigenvalue weighted by atomic mass is 16.6. The van der Waals surface area contributed by atoms with Crippen LogP contribution in [0.2, 0.25) is 0 Å². The first-order valence-electron chi connectivity index (χ1n) is 6.23. The van der Waals surface area contributed by atoms with Gasteiger partial charge in [0.1, 0.15) is 5.69 Å². The molecule has 0 aromatic heterocycles. The molecular weight excluding hydrogens is 248 g/mol. The minimum atomic E-state index is -1.09. The van der Waals surface area contributed by atoms with Crippen molar-refractivity contribution in [2.75, 3.05) is 11.9 Å². The molecule has 2 rings (SSSR count). The normalized spacial score (nSPS) is 15.8. The Morgan fingerprint density at radius 1 is 1.53 bits per heavy atom. The summed E-state index contributed by atoms with van der Waals surface area (Å²) in [5.41, 5.74) is 0.476. The first kappa shape index (κ1) is 13.3. The Kier molecular flexibility index (Phi) is 3.42. The van der Waals surface area contributed by atoms with Crippen LogP contribution >= 0.6 is 0 Å². The average Bonchev–Trinajstić information content (AvgIpc) is 3.16. The number of hydrogen-bond acceptors (Lipinski definition) is 4. The van der Waals surface area contributed by atoms with Crippen molar-refractivity contribution in [1.29, 1.82) is 0 Å². The highest BCUT2D eigenvalue weighted by molar-refractivity contribution is 5.90. The summed E-state index contributed by atoms with van der Waals surface area (Å²) >= 11 is 0. The van der Waals surface area contributed by atoms with E-state index >= 15 is 0 Å². The molecule has 0 atom stereocenters. The van der Waals surface area contributed by atoms with Crippen LogP contribution in [0.15, 0.2) is 18.2 Å². The maximum Gasteiger partial charge on any atom is 0.335 e. The molecule has 6 nitrogen and oxygen atoms in total. The molecule has 6 heteroatoms. The zero-order valence-corrected chi connectivity index (χ0v) is 10.7. The topological polar surface area (TPSA) is 92.5 Å². The van der Waals surface area contributed by atoms with E-state index < -0.39 is 10.9 Å². The zero-order valence-electron chi connectivity index (χ0n) is 10.7. The number of nitrogens with one attached hydrogen (secondary N) is 1. The minimum Gasteiger partial charge on any atom is -0.478 e. The third-order valence-corrected chi connectivity index (χ3v) is 3.80. The van der Waals surface area contributed by atoms with E-state index in [-0.39, 0.29) is 22.4 Å². The van der Waals surface area contributed by atoms with Crippen molar-refractivity contribution in [1.82, 2.24) is 0 Å². The molecule has 0 radical (unpaired) electrons. The van der Waals surface area contributed by atoms with Crippen LogP contribution in [0.1, 0.15) is 36.5 Å². The van der Waals surface area contributed by atoms with Gasteiger partial charge in [-0.15, -0.1) is 0 Å². The summed E-state index contributed by atoms with van der Waals surface area (Å²) in [6.45, 7) is 2.74. The van der Waals surface area contributed by atoms with E-state index in [1.54, 1.807) is 0 Å². The molecule has 0 saturated heterocycles. The Bertz CT molecular complexity index is 523. The highest BCUT2D eigenvalue weighted by Gasteiger charge is 2.40. The number of anilines is 1. The number of nitro groups is 1. The highest BCUT2D eigenvalue weighted by Crippen LogP contribution is 2.48. The molecule has 102 valence electrons. The van der Waals surface area contributed by atoms with Gasteiger partial charge in [0.05, 0.1) is 10.5 Å². The summed E-state index contributed by atoms with van der Waals surface area (Å²) in [7, 11) is 0. The van der Waals surface area contributed by atoms with E-state index in [1.165, 1.54) is 18.2 Å². The molecule has 0 unspecified atom stereocenters. The van der Waals surface area contributed by atoms with Gasteiger partial charge in [0.2, 0.25) is 0 Å². The van der Waals surface area contributed by atoms with Crippen molar-refractivity contribution in [2.24, 2.45) is 5.41 Å². The van der Waals surface area contributed by atoms with E-state index in [9.17, 15) is 14.9 Å². The van der Waals surface area contributed by atoms with Crippen molar-refractivity contribution in [3.8, 4) is 0 Å². The molecule has 1 aromatic rings. The Morgan fingerprint density at radius 2 is 2.21 bits per heavy atom. The summed E-state index contributed by atoms with van der Waals surface area (Å²) in [6, 6.07) is 3.81. The molecule has 0 bridgehead atoms. The Labute approximate surface area is 110 Å². The lowest BCUT2D eigenvalue weighted by atomic mass is 10.0. The summed E-state index contributed by atoms with van der Waals surface area (Å²) in [5.74, 6) is -1.09. The number of benzene rings is 1. The van der Waals surface area contributed by atoms with E-state index in [2.05, 4.69) is 12.2 Å². The quantitative estimate of drug-likeness (QED) is 0.608. The second-order valence-corrected chi connectivity index (χ2v) is 5.00. The van der Waals surface area contributed by atoms with Gasteiger partial charge >= 0.3 is 5.97 Å². The molecule has 0 amide bonds. The van der Waals surface area contributed by atoms with Gasteiger partial charge in [-0.3, -0.25) is 10.1 Å². The Morgan fingerprint density at radius 3 is 2.68 bits per heavy atom. The van der Waals surface area contributed by atoms with Gasteiger partial charge < -0.3 is 10.4 Å². The van der Waals surface area contributed by atoms with Gasteiger partial charge in [0, 0.05) is 12.6 Å². The Hall–Kier alpha value is -2.11. The monoisotopic (exact) mass is 264 g/mol. The third-order valence-electron chi connectivity index (χ3n) is 3.80. The minimum absolute atomic E-state index is 0.0504. The molecule has 1 aromatic carbocycles. The summed E-state index contributed by atoms with van der Waals surface area (Å²) in [5, 5.41) is 22.9. The third kappa shape index (κ3) is 2.83. The standard InChI is InChI=1S/C13H16N2O4/c1-2-13(5-6-13)8-14-10-7-9(12(16)17)3-4-11(10)15(18)19/h3-4,7,14H,2,5-6,8H2,1H3,(H,16,17). The number of carbonyl (C=O) groups is 1. The number of nitrogens with zero attached hydrogens (tertiary/aromatic N) is 1. The molecule has 1 saturated carbocycles.